The van der Waals surface area contributed by atoms with Gasteiger partial charge in [-0.05, 0) is 37.3 Å². The number of hydrogen-bond donors (Lipinski definition) is 0. The lowest BCUT2D eigenvalue weighted by Crippen LogP contribution is -2.03. The Bertz CT molecular complexity index is 2040. The minimum absolute atomic E-state index is 0.644. The first-order chi connectivity index (χ1) is 18.8. The average molecular weight is 489 g/mol. The molecule has 0 amide bonds. The molecule has 0 atom stereocenters. The molecule has 0 aliphatic carbocycles. The van der Waals surface area contributed by atoms with Crippen LogP contribution in [-0.4, -0.2) is 19.5 Å². The Morgan fingerprint density at radius 3 is 2.00 bits per heavy atom. The van der Waals surface area contributed by atoms with E-state index in [-0.39, 0.29) is 0 Å². The second-order valence-electron chi connectivity index (χ2n) is 9.39. The van der Waals surface area contributed by atoms with Gasteiger partial charge in [0.15, 0.2) is 0 Å². The summed E-state index contributed by atoms with van der Waals surface area (Å²) in [6, 6.07) is 43.7. The molecule has 3 aromatic heterocycles. The van der Waals surface area contributed by atoms with Crippen LogP contribution in [0.3, 0.4) is 0 Å². The molecule has 7 rings (SSSR count). The number of para-hydroxylation sites is 3. The number of aryl methyl sites for hydroxylation is 1. The number of benzene rings is 4. The van der Waals surface area contributed by atoms with Gasteiger partial charge in [0.2, 0.25) is 5.95 Å². The van der Waals surface area contributed by atoms with Crippen LogP contribution in [0.5, 0.6) is 0 Å². The van der Waals surface area contributed by atoms with Crippen LogP contribution < -0.4 is 0 Å². The van der Waals surface area contributed by atoms with E-state index in [1.807, 2.05) is 42.5 Å². The Morgan fingerprint density at radius 2 is 1.13 bits per heavy atom. The maximum absolute atomic E-state index is 5.19. The van der Waals surface area contributed by atoms with Crippen molar-refractivity contribution in [2.45, 2.75) is 6.92 Å². The van der Waals surface area contributed by atoms with Gasteiger partial charge in [0.25, 0.3) is 0 Å². The first kappa shape index (κ1) is 22.1. The lowest BCUT2D eigenvalue weighted by atomic mass is 10.1. The third kappa shape index (κ3) is 3.75. The highest BCUT2D eigenvalue weighted by Crippen LogP contribution is 2.33. The summed E-state index contributed by atoms with van der Waals surface area (Å²) < 4.78 is 2.17. The maximum atomic E-state index is 5.19. The van der Waals surface area contributed by atoms with Crippen molar-refractivity contribution in [2.24, 2.45) is 0 Å². The zero-order valence-electron chi connectivity index (χ0n) is 20.9. The van der Waals surface area contributed by atoms with Crippen LogP contribution in [0, 0.1) is 6.92 Å². The summed E-state index contributed by atoms with van der Waals surface area (Å²) in [6.45, 7) is 2.05. The van der Waals surface area contributed by atoms with E-state index in [0.717, 1.165) is 60.6 Å². The molecular weight excluding hydrogens is 464 g/mol. The van der Waals surface area contributed by atoms with Crippen molar-refractivity contribution >= 4 is 43.6 Å². The number of rotatable bonds is 2. The van der Waals surface area contributed by atoms with Crippen molar-refractivity contribution in [3.8, 4) is 17.2 Å². The Labute approximate surface area is 220 Å². The maximum Gasteiger partial charge on any atom is 0.235 e. The molecule has 4 heteroatoms. The van der Waals surface area contributed by atoms with Gasteiger partial charge >= 0.3 is 0 Å². The Hall–Kier alpha value is -5.09. The molecule has 3 heterocycles. The summed E-state index contributed by atoms with van der Waals surface area (Å²) in [7, 11) is 0. The minimum Gasteiger partial charge on any atom is -0.278 e. The fourth-order valence-corrected chi connectivity index (χ4v) is 5.20. The van der Waals surface area contributed by atoms with Crippen molar-refractivity contribution in [1.82, 2.24) is 19.5 Å². The zero-order chi connectivity index (χ0) is 25.5. The highest BCUT2D eigenvalue weighted by Gasteiger charge is 2.16. The topological polar surface area (TPSA) is 43.6 Å². The van der Waals surface area contributed by atoms with E-state index in [1.165, 1.54) is 0 Å². The molecule has 0 spiro atoms. The quantitative estimate of drug-likeness (QED) is 0.245. The lowest BCUT2D eigenvalue weighted by molar-refractivity contribution is 1.01. The SMILES string of the molecule is Cc1cc2c3ccccc3n(-c3nc(-c4ccccc4)c4ccccc4n3)c2cccc2ccccc2n1. The smallest absolute Gasteiger partial charge is 0.235 e. The summed E-state index contributed by atoms with van der Waals surface area (Å²) in [5, 5.41) is 4.35. The van der Waals surface area contributed by atoms with E-state index < -0.39 is 0 Å². The average Bonchev–Trinajstić information content (AvgIpc) is 3.26. The fraction of sp³-hybridized carbons (Fsp3) is 0.0294. The normalized spacial score (nSPS) is 11.3. The predicted octanol–water partition coefficient (Wildman–Crippen LogP) is 8.37. The van der Waals surface area contributed by atoms with Crippen LogP contribution in [0.2, 0.25) is 0 Å². The molecule has 0 fully saturated rings. The lowest BCUT2D eigenvalue weighted by Gasteiger charge is -2.11. The number of fused-ring (bicyclic) bond motifs is 5. The van der Waals surface area contributed by atoms with Gasteiger partial charge < -0.3 is 0 Å². The number of nitrogens with zero attached hydrogens (tertiary/aromatic N) is 4. The van der Waals surface area contributed by atoms with Crippen molar-refractivity contribution < 1.29 is 0 Å². The molecule has 0 aliphatic heterocycles. The van der Waals surface area contributed by atoms with Crippen LogP contribution in [0.25, 0.3) is 60.8 Å². The standard InChI is InChI=1S/C34H24N4/c1-23-22-28-26-16-7-10-20-31(26)38(32(28)21-11-15-24-12-5-8-18-29(24)35-23)34-36-30-19-9-6-17-27(30)33(37-34)25-13-3-2-4-14-25/h2-22H,1H3. The van der Waals surface area contributed by atoms with E-state index in [2.05, 4.69) is 96.4 Å². The highest BCUT2D eigenvalue weighted by molar-refractivity contribution is 6.09. The van der Waals surface area contributed by atoms with E-state index in [9.17, 15) is 0 Å². The summed E-state index contributed by atoms with van der Waals surface area (Å²) in [5.41, 5.74) is 6.87. The Kier molecular flexibility index (Phi) is 5.30. The summed E-state index contributed by atoms with van der Waals surface area (Å²) in [6.07, 6.45) is 0. The van der Waals surface area contributed by atoms with Crippen molar-refractivity contribution in [3.63, 3.8) is 0 Å². The molecule has 38 heavy (non-hydrogen) atoms. The summed E-state index contributed by atoms with van der Waals surface area (Å²) in [4.78, 5) is 15.2. The van der Waals surface area contributed by atoms with Gasteiger partial charge in [0.05, 0.1) is 27.8 Å². The van der Waals surface area contributed by atoms with Gasteiger partial charge in [-0.3, -0.25) is 9.55 Å². The van der Waals surface area contributed by atoms with Crippen LogP contribution in [-0.2, 0) is 0 Å². The van der Waals surface area contributed by atoms with Crippen LogP contribution in [0.4, 0.5) is 0 Å². The third-order valence-electron chi connectivity index (χ3n) is 6.91. The van der Waals surface area contributed by atoms with Crippen molar-refractivity contribution in [2.75, 3.05) is 0 Å². The first-order valence-electron chi connectivity index (χ1n) is 12.7. The second-order valence-corrected chi connectivity index (χ2v) is 9.39. The number of aromatic nitrogens is 4. The first-order valence-corrected chi connectivity index (χ1v) is 12.7. The molecule has 0 N–H and O–H groups in total. The molecule has 0 radical (unpaired) electrons. The fourth-order valence-electron chi connectivity index (χ4n) is 5.20. The largest absolute Gasteiger partial charge is 0.278 e. The van der Waals surface area contributed by atoms with Gasteiger partial charge in [-0.2, -0.15) is 0 Å². The molecule has 0 aliphatic rings. The van der Waals surface area contributed by atoms with Gasteiger partial charge in [0, 0.05) is 32.8 Å². The summed E-state index contributed by atoms with van der Waals surface area (Å²) >= 11 is 0. The van der Waals surface area contributed by atoms with Crippen LogP contribution >= 0.6 is 0 Å². The zero-order valence-corrected chi connectivity index (χ0v) is 20.9. The Morgan fingerprint density at radius 1 is 0.500 bits per heavy atom. The van der Waals surface area contributed by atoms with Crippen molar-refractivity contribution in [1.29, 1.82) is 0 Å². The number of hydrogen-bond acceptors (Lipinski definition) is 3. The molecule has 180 valence electrons. The van der Waals surface area contributed by atoms with E-state index in [0.29, 0.717) is 5.95 Å². The monoisotopic (exact) mass is 488 g/mol. The molecule has 0 saturated heterocycles. The van der Waals surface area contributed by atoms with Crippen molar-refractivity contribution in [3.05, 3.63) is 133 Å². The predicted molar refractivity (Wildman–Crippen MR) is 157 cm³/mol. The van der Waals surface area contributed by atoms with E-state index in [4.69, 9.17) is 15.0 Å². The third-order valence-corrected chi connectivity index (χ3v) is 6.91. The van der Waals surface area contributed by atoms with Gasteiger partial charge in [0.1, 0.15) is 0 Å². The molecule has 4 nitrogen and oxygen atoms in total. The molecule has 0 bridgehead atoms. The molecule has 0 saturated carbocycles. The molecule has 4 aromatic carbocycles. The van der Waals surface area contributed by atoms with Crippen LogP contribution in [0.15, 0.2) is 127 Å². The van der Waals surface area contributed by atoms with Gasteiger partial charge in [-0.1, -0.05) is 97.1 Å². The van der Waals surface area contributed by atoms with Gasteiger partial charge in [-0.25, -0.2) is 9.97 Å². The second kappa shape index (κ2) is 9.09. The highest BCUT2D eigenvalue weighted by atomic mass is 15.2. The summed E-state index contributed by atoms with van der Waals surface area (Å²) in [5.74, 6) is 0.644. The molecule has 0 unspecified atom stereocenters. The van der Waals surface area contributed by atoms with E-state index >= 15 is 0 Å². The molecule has 7 aromatic rings. The Balaban J connectivity index is 1.63. The van der Waals surface area contributed by atoms with Gasteiger partial charge in [-0.15, -0.1) is 0 Å². The van der Waals surface area contributed by atoms with Crippen LogP contribution in [0.1, 0.15) is 5.69 Å². The molecular formula is C34H24N4. The minimum atomic E-state index is 0.644. The van der Waals surface area contributed by atoms with E-state index in [1.54, 1.807) is 0 Å².